The fourth-order valence-corrected chi connectivity index (χ4v) is 1.73. The summed E-state index contributed by atoms with van der Waals surface area (Å²) in [7, 11) is 0. The van der Waals surface area contributed by atoms with Gasteiger partial charge in [-0.2, -0.15) is 0 Å². The SMILES string of the molecule is Clc1ccc2c(c1)[C]=Nc1ccccc1O2. The first-order valence-electron chi connectivity index (χ1n) is 4.86. The van der Waals surface area contributed by atoms with Gasteiger partial charge in [0.25, 0.3) is 0 Å². The molecular weight excluding hydrogens is 222 g/mol. The number of nitrogens with zero attached hydrogens (tertiary/aromatic N) is 1. The summed E-state index contributed by atoms with van der Waals surface area (Å²) in [5.74, 6) is 1.45. The van der Waals surface area contributed by atoms with Crippen LogP contribution in [0.2, 0.25) is 5.02 Å². The molecule has 0 N–H and O–H groups in total. The van der Waals surface area contributed by atoms with E-state index in [0.29, 0.717) is 5.02 Å². The van der Waals surface area contributed by atoms with Crippen LogP contribution in [0.1, 0.15) is 5.56 Å². The normalized spacial score (nSPS) is 12.3. The zero-order valence-electron chi connectivity index (χ0n) is 8.27. The largest absolute Gasteiger partial charge is 0.454 e. The van der Waals surface area contributed by atoms with Crippen molar-refractivity contribution in [3.8, 4) is 11.5 Å². The van der Waals surface area contributed by atoms with Gasteiger partial charge in [0.15, 0.2) is 5.75 Å². The van der Waals surface area contributed by atoms with Crippen LogP contribution in [0.3, 0.4) is 0 Å². The highest BCUT2D eigenvalue weighted by atomic mass is 35.5. The van der Waals surface area contributed by atoms with Crippen LogP contribution in [0, 0.1) is 0 Å². The van der Waals surface area contributed by atoms with Crippen LogP contribution in [0.15, 0.2) is 47.5 Å². The average Bonchev–Trinajstić information content (AvgIpc) is 2.48. The van der Waals surface area contributed by atoms with Crippen molar-refractivity contribution in [3.63, 3.8) is 0 Å². The van der Waals surface area contributed by atoms with Crippen molar-refractivity contribution in [3.05, 3.63) is 53.1 Å². The van der Waals surface area contributed by atoms with E-state index >= 15 is 0 Å². The summed E-state index contributed by atoms with van der Waals surface area (Å²) < 4.78 is 5.74. The first-order chi connectivity index (χ1) is 7.83. The number of ether oxygens (including phenoxy) is 1. The lowest BCUT2D eigenvalue weighted by Gasteiger charge is -2.07. The lowest BCUT2D eigenvalue weighted by atomic mass is 10.2. The van der Waals surface area contributed by atoms with Crippen molar-refractivity contribution in [1.29, 1.82) is 0 Å². The van der Waals surface area contributed by atoms with Gasteiger partial charge in [0, 0.05) is 10.6 Å². The molecule has 0 spiro atoms. The van der Waals surface area contributed by atoms with E-state index in [1.54, 1.807) is 12.1 Å². The Morgan fingerprint density at radius 3 is 2.88 bits per heavy atom. The molecule has 0 saturated heterocycles. The molecule has 0 atom stereocenters. The molecule has 16 heavy (non-hydrogen) atoms. The molecule has 2 nitrogen and oxygen atoms in total. The first kappa shape index (κ1) is 9.43. The van der Waals surface area contributed by atoms with Gasteiger partial charge in [0.2, 0.25) is 0 Å². The van der Waals surface area contributed by atoms with E-state index in [-0.39, 0.29) is 0 Å². The first-order valence-corrected chi connectivity index (χ1v) is 5.24. The molecule has 1 aliphatic rings. The molecular formula is C13H7ClNO. The summed E-state index contributed by atoms with van der Waals surface area (Å²) in [5, 5.41) is 0.649. The highest BCUT2D eigenvalue weighted by Crippen LogP contribution is 2.36. The van der Waals surface area contributed by atoms with E-state index in [1.807, 2.05) is 30.3 Å². The molecule has 1 radical (unpaired) electrons. The molecule has 0 bridgehead atoms. The zero-order valence-corrected chi connectivity index (χ0v) is 9.03. The van der Waals surface area contributed by atoms with Crippen LogP contribution < -0.4 is 4.74 Å². The molecule has 2 aromatic rings. The molecule has 0 saturated carbocycles. The van der Waals surface area contributed by atoms with Crippen molar-refractivity contribution in [2.75, 3.05) is 0 Å². The summed E-state index contributed by atoms with van der Waals surface area (Å²) in [5.41, 5.74) is 1.54. The Morgan fingerprint density at radius 2 is 1.94 bits per heavy atom. The van der Waals surface area contributed by atoms with Gasteiger partial charge in [-0.05, 0) is 30.3 Å². The van der Waals surface area contributed by atoms with Crippen LogP contribution in [0.4, 0.5) is 5.69 Å². The smallest absolute Gasteiger partial charge is 0.153 e. The number of halogens is 1. The highest BCUT2D eigenvalue weighted by molar-refractivity contribution is 6.31. The third-order valence-electron chi connectivity index (χ3n) is 2.32. The maximum atomic E-state index is 5.90. The summed E-state index contributed by atoms with van der Waals surface area (Å²) in [4.78, 5) is 4.24. The monoisotopic (exact) mass is 228 g/mol. The van der Waals surface area contributed by atoms with Gasteiger partial charge in [-0.25, -0.2) is 4.99 Å². The van der Waals surface area contributed by atoms with E-state index < -0.39 is 0 Å². The summed E-state index contributed by atoms with van der Waals surface area (Å²) >= 11 is 5.90. The quantitative estimate of drug-likeness (QED) is 0.568. The lowest BCUT2D eigenvalue weighted by molar-refractivity contribution is 0.485. The standard InChI is InChI=1S/C13H7ClNO/c14-10-5-6-12-9(7-10)8-15-11-3-1-2-4-13(11)16-12/h1-7H. The third-order valence-corrected chi connectivity index (χ3v) is 2.56. The molecule has 0 aliphatic carbocycles. The van der Waals surface area contributed by atoms with Crippen molar-refractivity contribution >= 4 is 23.5 Å². The molecule has 0 unspecified atom stereocenters. The second kappa shape index (κ2) is 3.65. The predicted octanol–water partition coefficient (Wildman–Crippen LogP) is 4.07. The summed E-state index contributed by atoms with van der Waals surface area (Å²) in [6.07, 6.45) is 2.94. The van der Waals surface area contributed by atoms with Gasteiger partial charge in [-0.15, -0.1) is 0 Å². The molecule has 0 amide bonds. The van der Waals surface area contributed by atoms with Crippen molar-refractivity contribution in [2.24, 2.45) is 4.99 Å². The van der Waals surface area contributed by atoms with E-state index in [4.69, 9.17) is 16.3 Å². The Labute approximate surface area is 98.2 Å². The Bertz CT molecular complexity index is 578. The minimum atomic E-state index is 0.649. The molecule has 1 heterocycles. The van der Waals surface area contributed by atoms with Crippen LogP contribution in [-0.4, -0.2) is 6.21 Å². The second-order valence-electron chi connectivity index (χ2n) is 3.43. The van der Waals surface area contributed by atoms with Gasteiger partial charge in [-0.1, -0.05) is 23.7 Å². The third kappa shape index (κ3) is 1.57. The molecule has 0 fully saturated rings. The van der Waals surface area contributed by atoms with Gasteiger partial charge >= 0.3 is 0 Å². The summed E-state index contributed by atoms with van der Waals surface area (Å²) in [6.45, 7) is 0. The second-order valence-corrected chi connectivity index (χ2v) is 3.87. The fourth-order valence-electron chi connectivity index (χ4n) is 1.55. The van der Waals surface area contributed by atoms with E-state index in [2.05, 4.69) is 11.2 Å². The highest BCUT2D eigenvalue weighted by Gasteiger charge is 2.11. The maximum Gasteiger partial charge on any atom is 0.153 e. The number of fused-ring (bicyclic) bond motifs is 2. The number of para-hydroxylation sites is 2. The molecule has 3 heteroatoms. The molecule has 3 rings (SSSR count). The predicted molar refractivity (Wildman–Crippen MR) is 64.2 cm³/mol. The van der Waals surface area contributed by atoms with Crippen molar-refractivity contribution in [2.45, 2.75) is 0 Å². The number of rotatable bonds is 0. The molecule has 2 aromatic carbocycles. The lowest BCUT2D eigenvalue weighted by Crippen LogP contribution is -1.87. The van der Waals surface area contributed by atoms with Crippen LogP contribution >= 0.6 is 11.6 Å². The summed E-state index contributed by atoms with van der Waals surface area (Å²) in [6, 6.07) is 13.0. The Hall–Kier alpha value is -1.80. The average molecular weight is 229 g/mol. The number of hydrogen-bond donors (Lipinski definition) is 0. The fraction of sp³-hybridized carbons (Fsp3) is 0. The van der Waals surface area contributed by atoms with E-state index in [1.165, 1.54) is 0 Å². The minimum absolute atomic E-state index is 0.649. The Kier molecular flexibility index (Phi) is 2.15. The van der Waals surface area contributed by atoms with Gasteiger partial charge in [0.05, 0.1) is 0 Å². The number of benzene rings is 2. The van der Waals surface area contributed by atoms with Crippen LogP contribution in [0.5, 0.6) is 11.5 Å². The van der Waals surface area contributed by atoms with Crippen LogP contribution in [0.25, 0.3) is 0 Å². The van der Waals surface area contributed by atoms with E-state index in [0.717, 1.165) is 22.7 Å². The minimum Gasteiger partial charge on any atom is -0.454 e. The maximum absolute atomic E-state index is 5.90. The zero-order chi connectivity index (χ0) is 11.0. The van der Waals surface area contributed by atoms with Crippen LogP contribution in [-0.2, 0) is 0 Å². The van der Waals surface area contributed by atoms with Gasteiger partial charge in [-0.3, -0.25) is 0 Å². The van der Waals surface area contributed by atoms with E-state index in [9.17, 15) is 0 Å². The van der Waals surface area contributed by atoms with Gasteiger partial charge in [0.1, 0.15) is 17.7 Å². The van der Waals surface area contributed by atoms with Gasteiger partial charge < -0.3 is 4.74 Å². The molecule has 0 aromatic heterocycles. The number of aliphatic imine (C=N–C) groups is 1. The molecule has 1 aliphatic heterocycles. The topological polar surface area (TPSA) is 21.6 Å². The Morgan fingerprint density at radius 1 is 1.06 bits per heavy atom. The number of hydrogen-bond acceptors (Lipinski definition) is 2. The van der Waals surface area contributed by atoms with Crippen molar-refractivity contribution in [1.82, 2.24) is 0 Å². The Balaban J connectivity index is 2.17. The van der Waals surface area contributed by atoms with Crippen molar-refractivity contribution < 1.29 is 4.74 Å². The molecule has 77 valence electrons.